The Kier molecular flexibility index (Phi) is 4.05. The van der Waals surface area contributed by atoms with E-state index in [4.69, 9.17) is 0 Å². The minimum Gasteiger partial charge on any atom is -0.480 e. The lowest BCUT2D eigenvalue weighted by molar-refractivity contribution is -0.138. The summed E-state index contributed by atoms with van der Waals surface area (Å²) in [7, 11) is -3.47. The van der Waals surface area contributed by atoms with Gasteiger partial charge in [-0.05, 0) is 37.8 Å². The van der Waals surface area contributed by atoms with Gasteiger partial charge in [0.05, 0.1) is 0 Å². The third-order valence-electron chi connectivity index (χ3n) is 4.26. The molecule has 0 radical (unpaired) electrons. The van der Waals surface area contributed by atoms with Crippen LogP contribution in [0.3, 0.4) is 0 Å². The van der Waals surface area contributed by atoms with Gasteiger partial charge in [-0.15, -0.1) is 0 Å². The van der Waals surface area contributed by atoms with Gasteiger partial charge in [0.25, 0.3) is 0 Å². The highest BCUT2D eigenvalue weighted by Gasteiger charge is 2.32. The summed E-state index contributed by atoms with van der Waals surface area (Å²) in [6, 6.07) is 2.55. The molecule has 1 unspecified atom stereocenters. The number of hydrogen-bond donors (Lipinski definition) is 1. The molecule has 3 heterocycles. The minimum atomic E-state index is -3.47. The van der Waals surface area contributed by atoms with E-state index >= 15 is 0 Å². The zero-order valence-corrected chi connectivity index (χ0v) is 13.0. The number of nitrogens with zero attached hydrogens (tertiary/aromatic N) is 3. The number of pyridine rings is 1. The van der Waals surface area contributed by atoms with Crippen molar-refractivity contribution in [2.24, 2.45) is 0 Å². The predicted molar refractivity (Wildman–Crippen MR) is 80.2 cm³/mol. The van der Waals surface area contributed by atoms with Crippen LogP contribution in [0.2, 0.25) is 0 Å². The highest BCUT2D eigenvalue weighted by atomic mass is 32.2. The van der Waals surface area contributed by atoms with E-state index in [0.717, 1.165) is 19.3 Å². The zero-order chi connectivity index (χ0) is 15.7. The summed E-state index contributed by atoms with van der Waals surface area (Å²) in [5.41, 5.74) is 0. The van der Waals surface area contributed by atoms with Crippen LogP contribution in [0.5, 0.6) is 0 Å². The van der Waals surface area contributed by atoms with Crippen LogP contribution in [0.15, 0.2) is 23.2 Å². The predicted octanol–water partition coefficient (Wildman–Crippen LogP) is 0.919. The van der Waals surface area contributed by atoms with Gasteiger partial charge in [-0.2, -0.15) is 4.31 Å². The van der Waals surface area contributed by atoms with E-state index in [2.05, 4.69) is 4.98 Å². The second-order valence-corrected chi connectivity index (χ2v) is 7.59. The Hall–Kier alpha value is -1.67. The van der Waals surface area contributed by atoms with E-state index in [-0.39, 0.29) is 4.90 Å². The Labute approximate surface area is 129 Å². The summed E-state index contributed by atoms with van der Waals surface area (Å²) >= 11 is 0. The van der Waals surface area contributed by atoms with Crippen LogP contribution in [0, 0.1) is 0 Å². The van der Waals surface area contributed by atoms with Gasteiger partial charge in [0.1, 0.15) is 16.8 Å². The molecule has 1 aromatic heterocycles. The maximum atomic E-state index is 12.4. The van der Waals surface area contributed by atoms with Crippen molar-refractivity contribution in [1.82, 2.24) is 9.29 Å². The van der Waals surface area contributed by atoms with Gasteiger partial charge in [-0.25, -0.2) is 18.2 Å². The first-order valence-corrected chi connectivity index (χ1v) is 8.90. The van der Waals surface area contributed by atoms with Gasteiger partial charge in [0, 0.05) is 25.8 Å². The van der Waals surface area contributed by atoms with Crippen molar-refractivity contribution in [3.8, 4) is 0 Å². The van der Waals surface area contributed by atoms with Gasteiger partial charge in [-0.3, -0.25) is 0 Å². The van der Waals surface area contributed by atoms with E-state index in [1.165, 1.54) is 16.6 Å². The first-order valence-electron chi connectivity index (χ1n) is 7.46. The number of aliphatic carboxylic acids is 1. The first-order chi connectivity index (χ1) is 10.5. The van der Waals surface area contributed by atoms with Crippen LogP contribution in [0.1, 0.15) is 25.7 Å². The van der Waals surface area contributed by atoms with E-state index in [1.54, 1.807) is 11.0 Å². The molecular formula is C14H19N3O4S. The third kappa shape index (κ3) is 2.68. The molecule has 2 aliphatic heterocycles. The van der Waals surface area contributed by atoms with Gasteiger partial charge >= 0.3 is 5.97 Å². The van der Waals surface area contributed by atoms with Gasteiger partial charge < -0.3 is 10.0 Å². The third-order valence-corrected chi connectivity index (χ3v) is 6.14. The Morgan fingerprint density at radius 3 is 2.50 bits per heavy atom. The van der Waals surface area contributed by atoms with Crippen LogP contribution in [0.25, 0.3) is 0 Å². The molecule has 0 saturated carbocycles. The summed E-state index contributed by atoms with van der Waals surface area (Å²) < 4.78 is 26.3. The quantitative estimate of drug-likeness (QED) is 0.885. The number of sulfonamides is 1. The van der Waals surface area contributed by atoms with Crippen molar-refractivity contribution in [2.75, 3.05) is 24.5 Å². The molecule has 7 nitrogen and oxygen atoms in total. The molecule has 22 heavy (non-hydrogen) atoms. The molecule has 0 bridgehead atoms. The van der Waals surface area contributed by atoms with Crippen LogP contribution < -0.4 is 4.90 Å². The summed E-state index contributed by atoms with van der Waals surface area (Å²) in [6.45, 7) is 1.73. The summed E-state index contributed by atoms with van der Waals surface area (Å²) in [6.07, 6.45) is 4.50. The molecule has 8 heteroatoms. The molecule has 0 aliphatic carbocycles. The van der Waals surface area contributed by atoms with Crippen LogP contribution in [-0.4, -0.2) is 54.5 Å². The molecule has 2 fully saturated rings. The summed E-state index contributed by atoms with van der Waals surface area (Å²) in [4.78, 5) is 17.3. The Bertz CT molecular complexity index is 653. The number of carboxylic acid groups (broad SMARTS) is 1. The number of hydrogen-bond acceptors (Lipinski definition) is 5. The van der Waals surface area contributed by atoms with Crippen LogP contribution >= 0.6 is 0 Å². The highest BCUT2D eigenvalue weighted by molar-refractivity contribution is 7.89. The summed E-state index contributed by atoms with van der Waals surface area (Å²) in [5.74, 6) is -0.349. The molecule has 1 aromatic rings. The van der Waals surface area contributed by atoms with Crippen LogP contribution in [0.4, 0.5) is 5.82 Å². The average molecular weight is 325 g/mol. The lowest BCUT2D eigenvalue weighted by Gasteiger charge is -2.22. The lowest BCUT2D eigenvalue weighted by atomic mass is 10.2. The molecule has 2 saturated heterocycles. The number of aromatic nitrogens is 1. The molecule has 3 rings (SSSR count). The first kappa shape index (κ1) is 15.2. The smallest absolute Gasteiger partial charge is 0.326 e. The second kappa shape index (κ2) is 5.85. The maximum absolute atomic E-state index is 12.4. The standard InChI is InChI=1S/C14H19N3O4S/c18-14(19)12-4-3-9-17(12)13-6-5-11(10-15-13)22(20,21)16-7-1-2-8-16/h5-6,10,12H,1-4,7-9H2,(H,18,19). The van der Waals surface area contributed by atoms with Crippen molar-refractivity contribution in [2.45, 2.75) is 36.6 Å². The molecular weight excluding hydrogens is 306 g/mol. The molecule has 0 amide bonds. The normalized spacial score (nSPS) is 23.1. The van der Waals surface area contributed by atoms with E-state index < -0.39 is 22.0 Å². The second-order valence-electron chi connectivity index (χ2n) is 5.65. The van der Waals surface area contributed by atoms with Crippen molar-refractivity contribution in [3.63, 3.8) is 0 Å². The average Bonchev–Trinajstić information content (AvgIpc) is 3.19. The topological polar surface area (TPSA) is 90.8 Å². The highest BCUT2D eigenvalue weighted by Crippen LogP contribution is 2.26. The lowest BCUT2D eigenvalue weighted by Crippen LogP contribution is -2.36. The number of anilines is 1. The molecule has 1 atom stereocenters. The Morgan fingerprint density at radius 1 is 1.18 bits per heavy atom. The number of carboxylic acids is 1. The summed E-state index contributed by atoms with van der Waals surface area (Å²) in [5, 5.41) is 9.20. The van der Waals surface area contributed by atoms with E-state index in [1.807, 2.05) is 0 Å². The molecule has 0 spiro atoms. The number of rotatable bonds is 4. The molecule has 120 valence electrons. The van der Waals surface area contributed by atoms with Crippen molar-refractivity contribution < 1.29 is 18.3 Å². The van der Waals surface area contributed by atoms with Gasteiger partial charge in [-0.1, -0.05) is 0 Å². The largest absolute Gasteiger partial charge is 0.480 e. The molecule has 2 aliphatic rings. The molecule has 1 N–H and O–H groups in total. The molecule has 0 aromatic carbocycles. The fourth-order valence-corrected chi connectivity index (χ4v) is 4.53. The van der Waals surface area contributed by atoms with Crippen molar-refractivity contribution >= 4 is 21.8 Å². The van der Waals surface area contributed by atoms with E-state index in [9.17, 15) is 18.3 Å². The van der Waals surface area contributed by atoms with Crippen molar-refractivity contribution in [3.05, 3.63) is 18.3 Å². The SMILES string of the molecule is O=C(O)C1CCCN1c1ccc(S(=O)(=O)N2CCCC2)cn1. The minimum absolute atomic E-state index is 0.171. The Morgan fingerprint density at radius 2 is 1.91 bits per heavy atom. The van der Waals surface area contributed by atoms with Crippen molar-refractivity contribution in [1.29, 1.82) is 0 Å². The van der Waals surface area contributed by atoms with E-state index in [0.29, 0.717) is 31.9 Å². The fraction of sp³-hybridized carbons (Fsp3) is 0.571. The van der Waals surface area contributed by atoms with Crippen LogP contribution in [-0.2, 0) is 14.8 Å². The zero-order valence-electron chi connectivity index (χ0n) is 12.2. The maximum Gasteiger partial charge on any atom is 0.326 e. The number of carbonyl (C=O) groups is 1. The Balaban J connectivity index is 1.82. The monoisotopic (exact) mass is 325 g/mol. The van der Waals surface area contributed by atoms with Gasteiger partial charge in [0.2, 0.25) is 10.0 Å². The fourth-order valence-electron chi connectivity index (χ4n) is 3.07. The van der Waals surface area contributed by atoms with Gasteiger partial charge in [0.15, 0.2) is 0 Å².